The first kappa shape index (κ1) is 11.4. The van der Waals surface area contributed by atoms with E-state index in [1.54, 1.807) is 6.26 Å². The monoisotopic (exact) mass is 215 g/mol. The summed E-state index contributed by atoms with van der Waals surface area (Å²) in [6.45, 7) is 5.06. The summed E-state index contributed by atoms with van der Waals surface area (Å²) < 4.78 is 24.3. The molecule has 0 heterocycles. The van der Waals surface area contributed by atoms with Crippen molar-refractivity contribution in [2.24, 2.45) is 0 Å². The van der Waals surface area contributed by atoms with Crippen LogP contribution in [0.3, 0.4) is 0 Å². The predicted molar refractivity (Wildman–Crippen MR) is 55.3 cm³/mol. The van der Waals surface area contributed by atoms with Crippen LogP contribution in [0.25, 0.3) is 0 Å². The smallest absolute Gasteiger partial charge is 0.207 e. The zero-order chi connectivity index (χ0) is 9.12. The maximum absolute atomic E-state index is 10.9. The van der Waals surface area contributed by atoms with Gasteiger partial charge in [0.05, 0.1) is 0 Å². The van der Waals surface area contributed by atoms with Crippen LogP contribution >= 0.6 is 20.9 Å². The van der Waals surface area contributed by atoms with Gasteiger partial charge in [-0.05, 0) is 12.0 Å². The first-order valence-corrected chi connectivity index (χ1v) is 7.78. The van der Waals surface area contributed by atoms with Gasteiger partial charge in [0.25, 0.3) is 0 Å². The van der Waals surface area contributed by atoms with E-state index in [-0.39, 0.29) is 0 Å². The Labute approximate surface area is 74.6 Å². The molecule has 0 aromatic heterocycles. The van der Waals surface area contributed by atoms with Gasteiger partial charge in [0.1, 0.15) is 0 Å². The fourth-order valence-corrected chi connectivity index (χ4v) is 4.02. The first-order chi connectivity index (χ1) is 4.83. The Morgan fingerprint density at radius 3 is 2.36 bits per heavy atom. The van der Waals surface area contributed by atoms with Crippen LogP contribution in [0, 0.1) is 0 Å². The van der Waals surface area contributed by atoms with Crippen molar-refractivity contribution in [1.29, 1.82) is 0 Å². The van der Waals surface area contributed by atoms with Crippen LogP contribution in [0.1, 0.15) is 6.92 Å². The topological polar surface area (TPSA) is 46.2 Å². The van der Waals surface area contributed by atoms with Gasteiger partial charge in [-0.3, -0.25) is 0 Å². The summed E-state index contributed by atoms with van der Waals surface area (Å²) in [6, 6.07) is 0. The van der Waals surface area contributed by atoms with Gasteiger partial charge in [-0.2, -0.15) is 4.13 Å². The second-order valence-corrected chi connectivity index (χ2v) is 9.29. The van der Waals surface area contributed by atoms with E-state index in [1.807, 2.05) is 6.92 Å². The Bertz CT molecular complexity index is 232. The highest BCUT2D eigenvalue weighted by atomic mass is 33.1. The third-order valence-corrected chi connectivity index (χ3v) is 6.45. The molecule has 0 aromatic carbocycles. The number of sulfonamides is 1. The van der Waals surface area contributed by atoms with Gasteiger partial charge in [-0.15, -0.1) is 20.9 Å². The summed E-state index contributed by atoms with van der Waals surface area (Å²) >= 11 is 4.18. The third kappa shape index (κ3) is 4.73. The Kier molecular flexibility index (Phi) is 3.96. The lowest BCUT2D eigenvalue weighted by atomic mass is 11.0. The van der Waals surface area contributed by atoms with Gasteiger partial charge in [-0.25, -0.2) is 8.42 Å². The summed E-state index contributed by atoms with van der Waals surface area (Å²) in [5.41, 5.74) is 0. The number of thiol groups is 1. The van der Waals surface area contributed by atoms with Gasteiger partial charge in [-0.1, -0.05) is 13.5 Å². The SMILES string of the molecule is C=CS(=O)(=O)NS(C)(S)CC. The molecule has 0 saturated carbocycles. The van der Waals surface area contributed by atoms with Crippen LogP contribution in [-0.4, -0.2) is 20.4 Å². The van der Waals surface area contributed by atoms with E-state index in [4.69, 9.17) is 0 Å². The van der Waals surface area contributed by atoms with E-state index < -0.39 is 19.3 Å². The Morgan fingerprint density at radius 1 is 1.64 bits per heavy atom. The van der Waals surface area contributed by atoms with E-state index in [1.165, 1.54) is 0 Å². The molecule has 0 radical (unpaired) electrons. The largest absolute Gasteiger partial charge is 0.241 e. The fourth-order valence-electron chi connectivity index (χ4n) is 0.343. The molecule has 0 aliphatic carbocycles. The molecule has 1 unspecified atom stereocenters. The summed E-state index contributed by atoms with van der Waals surface area (Å²) in [5.74, 6) is 0.698. The van der Waals surface area contributed by atoms with Crippen molar-refractivity contribution in [3.8, 4) is 0 Å². The zero-order valence-electron chi connectivity index (χ0n) is 6.57. The molecular formula is C5H13NO2S3. The minimum absolute atomic E-state index is 0.698. The molecule has 0 aliphatic rings. The van der Waals surface area contributed by atoms with Gasteiger partial charge in [0.2, 0.25) is 10.0 Å². The minimum Gasteiger partial charge on any atom is -0.207 e. The van der Waals surface area contributed by atoms with Crippen molar-refractivity contribution in [3.63, 3.8) is 0 Å². The summed E-state index contributed by atoms with van der Waals surface area (Å²) in [7, 11) is -4.82. The molecule has 0 fully saturated rings. The van der Waals surface area contributed by atoms with E-state index >= 15 is 0 Å². The van der Waals surface area contributed by atoms with Crippen molar-refractivity contribution < 1.29 is 8.42 Å². The van der Waals surface area contributed by atoms with Crippen molar-refractivity contribution in [2.75, 3.05) is 12.0 Å². The normalized spacial score (nSPS) is 20.3. The van der Waals surface area contributed by atoms with Crippen LogP contribution in [0.2, 0.25) is 0 Å². The molecule has 68 valence electrons. The van der Waals surface area contributed by atoms with Gasteiger partial charge >= 0.3 is 0 Å². The van der Waals surface area contributed by atoms with Crippen LogP contribution in [0.5, 0.6) is 0 Å². The van der Waals surface area contributed by atoms with E-state index in [2.05, 4.69) is 22.4 Å². The van der Waals surface area contributed by atoms with Crippen LogP contribution in [0.15, 0.2) is 12.0 Å². The number of hydrogen-bond donors (Lipinski definition) is 2. The molecule has 0 spiro atoms. The molecule has 1 N–H and O–H groups in total. The number of hydrogen-bond acceptors (Lipinski definition) is 3. The average Bonchev–Trinajstić information content (AvgIpc) is 1.86. The van der Waals surface area contributed by atoms with Gasteiger partial charge in [0, 0.05) is 5.41 Å². The highest BCUT2D eigenvalue weighted by Gasteiger charge is 2.15. The quantitative estimate of drug-likeness (QED) is 0.548. The van der Waals surface area contributed by atoms with E-state index in [9.17, 15) is 8.42 Å². The summed E-state index contributed by atoms with van der Waals surface area (Å²) in [5, 5.41) is 0.893. The molecule has 0 bridgehead atoms. The van der Waals surface area contributed by atoms with Crippen LogP contribution in [0.4, 0.5) is 0 Å². The van der Waals surface area contributed by atoms with Crippen molar-refractivity contribution >= 4 is 30.9 Å². The lowest BCUT2D eigenvalue weighted by molar-refractivity contribution is 0.603. The number of nitrogens with one attached hydrogen (secondary N) is 1. The van der Waals surface area contributed by atoms with E-state index in [0.717, 1.165) is 5.41 Å². The molecule has 0 aliphatic heterocycles. The lowest BCUT2D eigenvalue weighted by Crippen LogP contribution is -2.23. The average molecular weight is 215 g/mol. The minimum atomic E-state index is -3.31. The Hall–Kier alpha value is 0.350. The fraction of sp³-hybridized carbons (Fsp3) is 0.600. The van der Waals surface area contributed by atoms with Crippen molar-refractivity contribution in [3.05, 3.63) is 12.0 Å². The number of rotatable bonds is 4. The van der Waals surface area contributed by atoms with Gasteiger partial charge < -0.3 is 0 Å². The molecule has 0 saturated heterocycles. The summed E-state index contributed by atoms with van der Waals surface area (Å²) in [6.07, 6.45) is 1.77. The molecular weight excluding hydrogens is 202 g/mol. The second-order valence-electron chi connectivity index (χ2n) is 2.12. The van der Waals surface area contributed by atoms with Crippen molar-refractivity contribution in [2.45, 2.75) is 6.92 Å². The second kappa shape index (κ2) is 3.84. The highest BCUT2D eigenvalue weighted by molar-refractivity contribution is 8.87. The third-order valence-electron chi connectivity index (χ3n) is 1.08. The molecule has 3 nitrogen and oxygen atoms in total. The molecule has 0 rings (SSSR count). The van der Waals surface area contributed by atoms with Crippen LogP contribution in [-0.2, 0) is 10.0 Å². The van der Waals surface area contributed by atoms with Gasteiger partial charge in [0.15, 0.2) is 0 Å². The first-order valence-electron chi connectivity index (χ1n) is 2.97. The van der Waals surface area contributed by atoms with Crippen LogP contribution < -0.4 is 4.13 Å². The Balaban J connectivity index is 4.38. The maximum Gasteiger partial charge on any atom is 0.241 e. The predicted octanol–water partition coefficient (Wildman–Crippen LogP) is 1.26. The standard InChI is InChI=1S/C5H13NO2S3/c1-4-10(3,9)6-11(7,8)5-2/h5-6,9H,2,4H2,1,3H3. The maximum atomic E-state index is 10.9. The molecule has 11 heavy (non-hydrogen) atoms. The lowest BCUT2D eigenvalue weighted by Gasteiger charge is -2.27. The zero-order valence-corrected chi connectivity index (χ0v) is 9.10. The highest BCUT2D eigenvalue weighted by Crippen LogP contribution is 2.44. The molecule has 0 aromatic rings. The van der Waals surface area contributed by atoms with Crippen molar-refractivity contribution in [1.82, 2.24) is 4.13 Å². The molecule has 1 atom stereocenters. The molecule has 0 amide bonds. The Morgan fingerprint density at radius 2 is 2.09 bits per heavy atom. The molecule has 6 heteroatoms. The van der Waals surface area contributed by atoms with E-state index in [0.29, 0.717) is 5.75 Å². The summed E-state index contributed by atoms with van der Waals surface area (Å²) in [4.78, 5) is 0.